The number of carbonyl (C=O) groups is 2. The first-order valence-corrected chi connectivity index (χ1v) is 11.4. The third-order valence-electron chi connectivity index (χ3n) is 5.96. The fourth-order valence-electron chi connectivity index (χ4n) is 4.02. The number of hydrogen-bond acceptors (Lipinski definition) is 8. The summed E-state index contributed by atoms with van der Waals surface area (Å²) in [6.07, 6.45) is 2.27. The number of nitrogens with zero attached hydrogens (tertiary/aromatic N) is 2. The molecule has 2 aromatic carbocycles. The molecule has 2 aliphatic rings. The van der Waals surface area contributed by atoms with Gasteiger partial charge in [-0.25, -0.2) is 9.59 Å². The van der Waals surface area contributed by atoms with Crippen molar-refractivity contribution in [1.29, 1.82) is 5.26 Å². The summed E-state index contributed by atoms with van der Waals surface area (Å²) in [6, 6.07) is 15.8. The molecule has 1 heterocycles. The summed E-state index contributed by atoms with van der Waals surface area (Å²) in [5, 5.41) is 10.4. The van der Waals surface area contributed by atoms with Gasteiger partial charge in [0, 0.05) is 5.69 Å². The molecule has 2 N–H and O–H groups in total. The van der Waals surface area contributed by atoms with E-state index in [0.717, 1.165) is 12.8 Å². The molecule has 0 bridgehead atoms. The SMILES string of the molecule is COC(=O)C1=C(C(=O)OC)N(c2ccc(OCC3CC3)c(Cl)c2)C(N)=C(C#N)C1c1ccccc1. The maximum atomic E-state index is 13.1. The summed E-state index contributed by atoms with van der Waals surface area (Å²) in [5.74, 6) is -1.55. The molecule has 0 saturated heterocycles. The number of halogens is 1. The Bertz CT molecular complexity index is 1260. The van der Waals surface area contributed by atoms with E-state index in [1.165, 1.54) is 19.1 Å². The van der Waals surface area contributed by atoms with E-state index < -0.39 is 17.9 Å². The number of nitrogens with two attached hydrogens (primary N) is 1. The quantitative estimate of drug-likeness (QED) is 0.575. The zero-order valence-corrected chi connectivity index (χ0v) is 20.0. The summed E-state index contributed by atoms with van der Waals surface area (Å²) >= 11 is 6.48. The van der Waals surface area contributed by atoms with Gasteiger partial charge in [-0.1, -0.05) is 41.9 Å². The van der Waals surface area contributed by atoms with Crippen LogP contribution in [0.4, 0.5) is 5.69 Å². The lowest BCUT2D eigenvalue weighted by Crippen LogP contribution is -2.40. The standard InChI is InChI=1S/C26H24ClN3O5/c1-33-25(31)22-21(16-6-4-3-5-7-16)18(13-28)24(29)30(23(22)26(32)34-2)17-10-11-20(19(27)12-17)35-14-15-8-9-15/h3-7,10-12,15,21H,8-9,14,29H2,1-2H3. The van der Waals surface area contributed by atoms with Crippen LogP contribution in [0.25, 0.3) is 0 Å². The molecule has 0 amide bonds. The van der Waals surface area contributed by atoms with Crippen molar-refractivity contribution in [3.63, 3.8) is 0 Å². The molecule has 0 spiro atoms. The number of anilines is 1. The average Bonchev–Trinajstić information content (AvgIpc) is 3.71. The van der Waals surface area contributed by atoms with Crippen molar-refractivity contribution in [2.75, 3.05) is 25.7 Å². The molecule has 1 fully saturated rings. The number of carbonyl (C=O) groups excluding carboxylic acids is 2. The van der Waals surface area contributed by atoms with Gasteiger partial charge < -0.3 is 19.9 Å². The number of methoxy groups -OCH3 is 2. The minimum Gasteiger partial charge on any atom is -0.492 e. The Hall–Kier alpha value is -3.96. The molecule has 8 nitrogen and oxygen atoms in total. The van der Waals surface area contributed by atoms with Crippen LogP contribution in [0.15, 0.2) is 71.2 Å². The van der Waals surface area contributed by atoms with Gasteiger partial charge in [-0.15, -0.1) is 0 Å². The minimum atomic E-state index is -0.935. The molecular weight excluding hydrogens is 470 g/mol. The molecule has 1 unspecified atom stereocenters. The van der Waals surface area contributed by atoms with Crippen LogP contribution in [0.2, 0.25) is 5.02 Å². The van der Waals surface area contributed by atoms with Crippen molar-refractivity contribution in [2.24, 2.45) is 11.7 Å². The molecule has 9 heteroatoms. The zero-order valence-electron chi connectivity index (χ0n) is 19.3. The monoisotopic (exact) mass is 493 g/mol. The number of allylic oxidation sites excluding steroid dienone is 1. The number of ether oxygens (including phenoxy) is 3. The largest absolute Gasteiger partial charge is 0.492 e. The third-order valence-corrected chi connectivity index (χ3v) is 6.25. The average molecular weight is 494 g/mol. The molecular formula is C26H24ClN3O5. The number of esters is 2. The number of nitriles is 1. The van der Waals surface area contributed by atoms with Crippen molar-refractivity contribution in [1.82, 2.24) is 0 Å². The van der Waals surface area contributed by atoms with E-state index in [-0.39, 0.29) is 22.7 Å². The molecule has 2 aromatic rings. The van der Waals surface area contributed by atoms with Gasteiger partial charge in [0.25, 0.3) is 0 Å². The predicted octanol–water partition coefficient (Wildman–Crippen LogP) is 4.03. The highest BCUT2D eigenvalue weighted by molar-refractivity contribution is 6.32. The smallest absolute Gasteiger partial charge is 0.355 e. The lowest BCUT2D eigenvalue weighted by molar-refractivity contribution is -0.139. The second-order valence-corrected chi connectivity index (χ2v) is 8.61. The Balaban J connectivity index is 1.91. The van der Waals surface area contributed by atoms with Crippen LogP contribution in [0.1, 0.15) is 24.3 Å². The molecule has 4 rings (SSSR count). The van der Waals surface area contributed by atoms with Crippen LogP contribution < -0.4 is 15.4 Å². The van der Waals surface area contributed by atoms with Gasteiger partial charge in [0.1, 0.15) is 17.3 Å². The van der Waals surface area contributed by atoms with Crippen LogP contribution in [0.5, 0.6) is 5.75 Å². The van der Waals surface area contributed by atoms with Crippen molar-refractivity contribution >= 4 is 29.2 Å². The second kappa shape index (κ2) is 10.1. The summed E-state index contributed by atoms with van der Waals surface area (Å²) in [7, 11) is 2.40. The van der Waals surface area contributed by atoms with Crippen LogP contribution in [-0.2, 0) is 19.1 Å². The Morgan fingerprint density at radius 1 is 1.11 bits per heavy atom. The van der Waals surface area contributed by atoms with Crippen LogP contribution in [0.3, 0.4) is 0 Å². The Labute approximate surface area is 208 Å². The fraction of sp³-hybridized carbons (Fsp3) is 0.269. The highest BCUT2D eigenvalue weighted by Crippen LogP contribution is 2.44. The zero-order chi connectivity index (χ0) is 25.1. The number of benzene rings is 2. The van der Waals surface area contributed by atoms with Crippen molar-refractivity contribution < 1.29 is 23.8 Å². The summed E-state index contributed by atoms with van der Waals surface area (Å²) < 4.78 is 15.9. The first-order valence-electron chi connectivity index (χ1n) is 11.0. The van der Waals surface area contributed by atoms with E-state index in [1.807, 2.05) is 0 Å². The number of hydrogen-bond donors (Lipinski definition) is 1. The van der Waals surface area contributed by atoms with Gasteiger partial charge in [0.05, 0.1) is 49.0 Å². The van der Waals surface area contributed by atoms with Crippen molar-refractivity contribution in [3.05, 3.63) is 81.8 Å². The predicted molar refractivity (Wildman–Crippen MR) is 129 cm³/mol. The summed E-state index contributed by atoms with van der Waals surface area (Å²) in [6.45, 7) is 0.571. The number of rotatable bonds is 7. The molecule has 180 valence electrons. The van der Waals surface area contributed by atoms with Gasteiger partial charge in [-0.05, 0) is 42.5 Å². The van der Waals surface area contributed by atoms with Crippen molar-refractivity contribution in [3.8, 4) is 11.8 Å². The lowest BCUT2D eigenvalue weighted by atomic mass is 9.81. The Morgan fingerprint density at radius 3 is 2.37 bits per heavy atom. The van der Waals surface area contributed by atoms with Gasteiger partial charge in [-0.2, -0.15) is 5.26 Å². The Morgan fingerprint density at radius 2 is 1.80 bits per heavy atom. The third kappa shape index (κ3) is 4.68. The fourth-order valence-corrected chi connectivity index (χ4v) is 4.25. The van der Waals surface area contributed by atoms with Gasteiger partial charge in [-0.3, -0.25) is 4.90 Å². The molecule has 1 saturated carbocycles. The van der Waals surface area contributed by atoms with Gasteiger partial charge >= 0.3 is 11.9 Å². The van der Waals surface area contributed by atoms with Crippen LogP contribution in [0, 0.1) is 17.2 Å². The van der Waals surface area contributed by atoms with E-state index in [1.54, 1.807) is 48.5 Å². The summed E-state index contributed by atoms with van der Waals surface area (Å²) in [5.41, 5.74) is 7.29. The van der Waals surface area contributed by atoms with Crippen LogP contribution in [-0.4, -0.2) is 32.8 Å². The first kappa shape index (κ1) is 24.2. The van der Waals surface area contributed by atoms with E-state index in [9.17, 15) is 14.9 Å². The maximum Gasteiger partial charge on any atom is 0.355 e. The van der Waals surface area contributed by atoms with E-state index in [0.29, 0.717) is 34.5 Å². The van der Waals surface area contributed by atoms with E-state index in [4.69, 9.17) is 31.5 Å². The molecule has 0 radical (unpaired) electrons. The van der Waals surface area contributed by atoms with E-state index in [2.05, 4.69) is 6.07 Å². The molecule has 0 aromatic heterocycles. The highest BCUT2D eigenvalue weighted by atomic mass is 35.5. The molecule has 1 aliphatic heterocycles. The first-order chi connectivity index (χ1) is 16.9. The lowest BCUT2D eigenvalue weighted by Gasteiger charge is -2.36. The normalized spacial score (nSPS) is 17.7. The topological polar surface area (TPSA) is 115 Å². The molecule has 35 heavy (non-hydrogen) atoms. The van der Waals surface area contributed by atoms with Gasteiger partial charge in [0.2, 0.25) is 0 Å². The maximum absolute atomic E-state index is 13.1. The summed E-state index contributed by atoms with van der Waals surface area (Å²) in [4.78, 5) is 27.5. The van der Waals surface area contributed by atoms with Crippen LogP contribution >= 0.6 is 11.6 Å². The van der Waals surface area contributed by atoms with E-state index >= 15 is 0 Å². The minimum absolute atomic E-state index is 0.0304. The second-order valence-electron chi connectivity index (χ2n) is 8.20. The highest BCUT2D eigenvalue weighted by Gasteiger charge is 2.43. The molecule has 1 aliphatic carbocycles. The molecule has 1 atom stereocenters. The van der Waals surface area contributed by atoms with Crippen molar-refractivity contribution in [2.45, 2.75) is 18.8 Å². The van der Waals surface area contributed by atoms with Gasteiger partial charge in [0.15, 0.2) is 0 Å². The Kier molecular flexibility index (Phi) is 6.99.